The predicted octanol–water partition coefficient (Wildman–Crippen LogP) is 2.31. The van der Waals surface area contributed by atoms with E-state index in [2.05, 4.69) is 38.3 Å². The normalized spacial score (nSPS) is 14.9. The average molecular weight is 308 g/mol. The second kappa shape index (κ2) is 4.09. The summed E-state index contributed by atoms with van der Waals surface area (Å²) in [5, 5.41) is 0. The van der Waals surface area contributed by atoms with Gasteiger partial charge in [-0.1, -0.05) is 0 Å². The maximum Gasteiger partial charge on any atom is 0.219 e. The Balaban J connectivity index is 2.15. The van der Waals surface area contributed by atoms with Crippen LogP contribution in [0, 0.1) is 6.92 Å². The molecule has 2 aromatic rings. The molecule has 0 atom stereocenters. The average Bonchev–Trinajstić information content (AvgIpc) is 2.66. The number of fused-ring (bicyclic) bond motifs is 3. The zero-order valence-electron chi connectivity index (χ0n) is 10.4. The lowest BCUT2D eigenvalue weighted by Crippen LogP contribution is -2.34. The van der Waals surface area contributed by atoms with Gasteiger partial charge in [-0.05, 0) is 34.5 Å². The van der Waals surface area contributed by atoms with E-state index in [0.717, 1.165) is 34.5 Å². The molecule has 3 rings (SSSR count). The minimum absolute atomic E-state index is 0.127. The molecule has 3 heterocycles. The molecule has 2 aromatic heterocycles. The molecule has 0 saturated heterocycles. The third kappa shape index (κ3) is 1.73. The molecule has 0 saturated carbocycles. The molecule has 0 radical (unpaired) electrons. The molecule has 0 fully saturated rings. The molecule has 0 aliphatic carbocycles. The molecule has 18 heavy (non-hydrogen) atoms. The fraction of sp³-hybridized carbons (Fsp3) is 0.385. The Labute approximate surface area is 114 Å². The molecule has 0 bridgehead atoms. The number of aryl methyl sites for hydroxylation is 1. The first-order chi connectivity index (χ1) is 8.56. The highest BCUT2D eigenvalue weighted by Gasteiger charge is 2.23. The molecule has 5 heteroatoms. The number of carbonyl (C=O) groups excluding carboxylic acids is 1. The number of halogens is 1. The SMILES string of the molecule is CC(=O)N1CCc2nc3cc(C)c(Br)cn3c2C1. The Kier molecular flexibility index (Phi) is 2.66. The van der Waals surface area contributed by atoms with Crippen LogP contribution in [-0.4, -0.2) is 26.7 Å². The summed E-state index contributed by atoms with van der Waals surface area (Å²) in [6, 6.07) is 2.07. The molecule has 1 aliphatic rings. The van der Waals surface area contributed by atoms with Crippen molar-refractivity contribution in [3.8, 4) is 0 Å². The Bertz CT molecular complexity index is 647. The molecule has 0 N–H and O–H groups in total. The van der Waals surface area contributed by atoms with Crippen molar-refractivity contribution in [2.75, 3.05) is 6.54 Å². The van der Waals surface area contributed by atoms with Crippen LogP contribution in [-0.2, 0) is 17.8 Å². The van der Waals surface area contributed by atoms with Gasteiger partial charge in [-0.25, -0.2) is 4.98 Å². The van der Waals surface area contributed by atoms with Crippen LogP contribution in [0.1, 0.15) is 23.9 Å². The van der Waals surface area contributed by atoms with Crippen molar-refractivity contribution in [2.45, 2.75) is 26.8 Å². The number of carbonyl (C=O) groups is 1. The van der Waals surface area contributed by atoms with Crippen molar-refractivity contribution < 1.29 is 4.79 Å². The van der Waals surface area contributed by atoms with Crippen LogP contribution in [0.5, 0.6) is 0 Å². The lowest BCUT2D eigenvalue weighted by Gasteiger charge is -2.25. The summed E-state index contributed by atoms with van der Waals surface area (Å²) in [5.74, 6) is 0.127. The summed E-state index contributed by atoms with van der Waals surface area (Å²) in [6.07, 6.45) is 2.88. The number of amides is 1. The first kappa shape index (κ1) is 11.7. The maximum absolute atomic E-state index is 11.5. The molecular formula is C13H14BrN3O. The van der Waals surface area contributed by atoms with Gasteiger partial charge in [-0.3, -0.25) is 4.79 Å². The minimum atomic E-state index is 0.127. The van der Waals surface area contributed by atoms with Crippen LogP contribution in [0.15, 0.2) is 16.7 Å². The van der Waals surface area contributed by atoms with Gasteiger partial charge in [0, 0.05) is 30.6 Å². The topological polar surface area (TPSA) is 37.6 Å². The molecule has 0 spiro atoms. The third-order valence-electron chi connectivity index (χ3n) is 3.49. The summed E-state index contributed by atoms with van der Waals surface area (Å²) in [5.41, 5.74) is 4.39. The number of hydrogen-bond acceptors (Lipinski definition) is 2. The van der Waals surface area contributed by atoms with Crippen molar-refractivity contribution in [1.82, 2.24) is 14.3 Å². The van der Waals surface area contributed by atoms with E-state index in [1.54, 1.807) is 6.92 Å². The second-order valence-corrected chi connectivity index (χ2v) is 5.58. The largest absolute Gasteiger partial charge is 0.337 e. The number of hydrogen-bond donors (Lipinski definition) is 0. The standard InChI is InChI=1S/C13H14BrN3O/c1-8-5-13-15-11-3-4-16(9(2)18)7-12(11)17(13)6-10(8)14/h5-6H,3-4,7H2,1-2H3. The van der Waals surface area contributed by atoms with Crippen LogP contribution in [0.25, 0.3) is 5.65 Å². The van der Waals surface area contributed by atoms with Crippen LogP contribution >= 0.6 is 15.9 Å². The fourth-order valence-corrected chi connectivity index (χ4v) is 2.71. The highest BCUT2D eigenvalue weighted by Crippen LogP contribution is 2.24. The van der Waals surface area contributed by atoms with E-state index in [1.807, 2.05) is 11.1 Å². The van der Waals surface area contributed by atoms with Gasteiger partial charge in [0.15, 0.2) is 0 Å². The lowest BCUT2D eigenvalue weighted by molar-refractivity contribution is -0.129. The van der Waals surface area contributed by atoms with Gasteiger partial charge in [0.1, 0.15) is 5.65 Å². The Morgan fingerprint density at radius 3 is 3.00 bits per heavy atom. The van der Waals surface area contributed by atoms with Gasteiger partial charge in [-0.15, -0.1) is 0 Å². The number of pyridine rings is 1. The van der Waals surface area contributed by atoms with E-state index >= 15 is 0 Å². The quantitative estimate of drug-likeness (QED) is 0.749. The van der Waals surface area contributed by atoms with E-state index in [-0.39, 0.29) is 5.91 Å². The Morgan fingerprint density at radius 2 is 2.28 bits per heavy atom. The third-order valence-corrected chi connectivity index (χ3v) is 4.32. The summed E-state index contributed by atoms with van der Waals surface area (Å²) >= 11 is 3.54. The highest BCUT2D eigenvalue weighted by atomic mass is 79.9. The van der Waals surface area contributed by atoms with Crippen LogP contribution < -0.4 is 0 Å². The second-order valence-electron chi connectivity index (χ2n) is 4.73. The van der Waals surface area contributed by atoms with Gasteiger partial charge >= 0.3 is 0 Å². The first-order valence-electron chi connectivity index (χ1n) is 5.97. The van der Waals surface area contributed by atoms with E-state index in [1.165, 1.54) is 5.56 Å². The minimum Gasteiger partial charge on any atom is -0.337 e. The van der Waals surface area contributed by atoms with Gasteiger partial charge in [0.2, 0.25) is 5.91 Å². The number of aromatic nitrogens is 2. The van der Waals surface area contributed by atoms with Crippen molar-refractivity contribution in [1.29, 1.82) is 0 Å². The molecule has 94 valence electrons. The monoisotopic (exact) mass is 307 g/mol. The number of imidazole rings is 1. The summed E-state index contributed by atoms with van der Waals surface area (Å²) in [7, 11) is 0. The van der Waals surface area contributed by atoms with Crippen LogP contribution in [0.3, 0.4) is 0 Å². The number of rotatable bonds is 0. The fourth-order valence-electron chi connectivity index (χ4n) is 2.39. The van der Waals surface area contributed by atoms with Gasteiger partial charge in [0.05, 0.1) is 17.9 Å². The van der Waals surface area contributed by atoms with Crippen LogP contribution in [0.4, 0.5) is 0 Å². The van der Waals surface area contributed by atoms with Gasteiger partial charge in [0.25, 0.3) is 0 Å². The smallest absolute Gasteiger partial charge is 0.219 e. The lowest BCUT2D eigenvalue weighted by atomic mass is 10.1. The van der Waals surface area contributed by atoms with Crippen molar-refractivity contribution in [3.63, 3.8) is 0 Å². The highest BCUT2D eigenvalue weighted by molar-refractivity contribution is 9.10. The molecule has 0 unspecified atom stereocenters. The summed E-state index contributed by atoms with van der Waals surface area (Å²) in [4.78, 5) is 18.0. The van der Waals surface area contributed by atoms with Crippen molar-refractivity contribution in [3.05, 3.63) is 33.7 Å². The van der Waals surface area contributed by atoms with Gasteiger partial charge in [-0.2, -0.15) is 0 Å². The molecular weight excluding hydrogens is 294 g/mol. The summed E-state index contributed by atoms with van der Waals surface area (Å²) < 4.78 is 3.15. The van der Waals surface area contributed by atoms with Crippen LogP contribution in [0.2, 0.25) is 0 Å². The Morgan fingerprint density at radius 1 is 1.50 bits per heavy atom. The zero-order chi connectivity index (χ0) is 12.9. The van der Waals surface area contributed by atoms with E-state index in [4.69, 9.17) is 0 Å². The maximum atomic E-state index is 11.5. The number of nitrogens with zero attached hydrogens (tertiary/aromatic N) is 3. The molecule has 0 aromatic carbocycles. The van der Waals surface area contributed by atoms with E-state index in [0.29, 0.717) is 6.54 Å². The summed E-state index contributed by atoms with van der Waals surface area (Å²) in [6.45, 7) is 5.10. The zero-order valence-corrected chi connectivity index (χ0v) is 12.0. The van der Waals surface area contributed by atoms with E-state index < -0.39 is 0 Å². The Hall–Kier alpha value is -1.36. The predicted molar refractivity (Wildman–Crippen MR) is 72.4 cm³/mol. The van der Waals surface area contributed by atoms with Crippen molar-refractivity contribution in [2.24, 2.45) is 0 Å². The van der Waals surface area contributed by atoms with E-state index in [9.17, 15) is 4.79 Å². The molecule has 1 aliphatic heterocycles. The van der Waals surface area contributed by atoms with Crippen molar-refractivity contribution >= 4 is 27.5 Å². The van der Waals surface area contributed by atoms with Gasteiger partial charge < -0.3 is 9.30 Å². The molecule has 4 nitrogen and oxygen atoms in total. The first-order valence-corrected chi connectivity index (χ1v) is 6.77. The molecule has 1 amide bonds.